The van der Waals surface area contributed by atoms with Gasteiger partial charge in [0.15, 0.2) is 0 Å². The maximum atomic E-state index is 12.0. The Bertz CT molecular complexity index is 1440. The quantitative estimate of drug-likeness (QED) is 0.224. The van der Waals surface area contributed by atoms with Crippen molar-refractivity contribution in [1.29, 1.82) is 0 Å². The Morgan fingerprint density at radius 2 is 1.74 bits per heavy atom. The van der Waals surface area contributed by atoms with Gasteiger partial charge in [0, 0.05) is 19.2 Å². The van der Waals surface area contributed by atoms with Crippen LogP contribution in [0.5, 0.6) is 0 Å². The lowest BCUT2D eigenvalue weighted by Gasteiger charge is -2.28. The Balaban J connectivity index is 1.49. The molecule has 0 amide bonds. The number of nitro groups is 1. The number of hydrogen-bond acceptors (Lipinski definition) is 6. The summed E-state index contributed by atoms with van der Waals surface area (Å²) in [4.78, 5) is 26.9. The lowest BCUT2D eigenvalue weighted by Crippen LogP contribution is -2.29. The average molecular weight is 482 g/mol. The summed E-state index contributed by atoms with van der Waals surface area (Å²) in [7, 11) is 0. The van der Waals surface area contributed by atoms with E-state index in [9.17, 15) is 10.1 Å². The van der Waals surface area contributed by atoms with E-state index in [1.807, 2.05) is 66.7 Å². The van der Waals surface area contributed by atoms with E-state index in [4.69, 9.17) is 9.97 Å². The van der Waals surface area contributed by atoms with Crippen LogP contribution in [0.1, 0.15) is 35.7 Å². The third-order valence-electron chi connectivity index (χ3n) is 6.37. The molecule has 3 aromatic carbocycles. The van der Waals surface area contributed by atoms with Crippen LogP contribution in [-0.2, 0) is 0 Å². The molecule has 35 heavy (non-hydrogen) atoms. The molecule has 1 fully saturated rings. The number of imidazole rings is 1. The van der Waals surface area contributed by atoms with Gasteiger partial charge in [0.25, 0.3) is 5.69 Å². The number of nitrogens with one attached hydrogen (secondary N) is 1. The van der Waals surface area contributed by atoms with Crippen molar-refractivity contribution >= 4 is 55.6 Å². The minimum atomic E-state index is -0.278. The molecular weight excluding hydrogens is 458 g/mol. The Kier molecular flexibility index (Phi) is 5.50. The highest BCUT2D eigenvalue weighted by atomic mass is 32.1. The second kappa shape index (κ2) is 8.96. The molecule has 0 spiro atoms. The number of anilines is 1. The van der Waals surface area contributed by atoms with Crippen molar-refractivity contribution in [3.63, 3.8) is 0 Å². The van der Waals surface area contributed by atoms with Gasteiger partial charge >= 0.3 is 0 Å². The molecule has 0 saturated carbocycles. The SMILES string of the molecule is O=[N+]([O-])c1cc(C=C(c2nc3ccccc3[nH]2)c2nc3ccccc3s2)ccc1N1CCCCC1. The number of H-pyrrole nitrogens is 1. The summed E-state index contributed by atoms with van der Waals surface area (Å²) in [5.74, 6) is 0.688. The van der Waals surface area contributed by atoms with Gasteiger partial charge in [-0.05, 0) is 61.2 Å². The first-order chi connectivity index (χ1) is 17.2. The van der Waals surface area contributed by atoms with Crippen LogP contribution >= 0.6 is 11.3 Å². The maximum Gasteiger partial charge on any atom is 0.293 e. The van der Waals surface area contributed by atoms with Crippen LogP contribution in [0.3, 0.4) is 0 Å². The smallest absolute Gasteiger partial charge is 0.293 e. The monoisotopic (exact) mass is 481 g/mol. The number of thiazole rings is 1. The molecule has 1 N–H and O–H groups in total. The summed E-state index contributed by atoms with van der Waals surface area (Å²) < 4.78 is 1.08. The van der Waals surface area contributed by atoms with E-state index < -0.39 is 0 Å². The number of piperidine rings is 1. The lowest BCUT2D eigenvalue weighted by atomic mass is 10.1. The van der Waals surface area contributed by atoms with Gasteiger partial charge in [-0.25, -0.2) is 9.97 Å². The number of para-hydroxylation sites is 3. The van der Waals surface area contributed by atoms with Crippen LogP contribution in [-0.4, -0.2) is 33.0 Å². The van der Waals surface area contributed by atoms with E-state index >= 15 is 0 Å². The van der Waals surface area contributed by atoms with Crippen molar-refractivity contribution in [3.8, 4) is 0 Å². The van der Waals surface area contributed by atoms with Gasteiger partial charge in [-0.1, -0.05) is 30.3 Å². The molecule has 5 aromatic rings. The van der Waals surface area contributed by atoms with E-state index in [0.717, 1.165) is 63.3 Å². The fraction of sp³-hybridized carbons (Fsp3) is 0.185. The van der Waals surface area contributed by atoms with Crippen LogP contribution in [0.15, 0.2) is 66.7 Å². The minimum Gasteiger partial charge on any atom is -0.366 e. The van der Waals surface area contributed by atoms with Crippen LogP contribution < -0.4 is 4.90 Å². The van der Waals surface area contributed by atoms with Crippen molar-refractivity contribution < 1.29 is 4.92 Å². The van der Waals surface area contributed by atoms with Gasteiger partial charge < -0.3 is 9.88 Å². The molecule has 1 saturated heterocycles. The second-order valence-corrected chi connectivity index (χ2v) is 9.73. The summed E-state index contributed by atoms with van der Waals surface area (Å²) in [5, 5.41) is 12.8. The summed E-state index contributed by atoms with van der Waals surface area (Å²) in [5.41, 5.74) is 5.09. The highest BCUT2D eigenvalue weighted by molar-refractivity contribution is 7.19. The molecule has 6 rings (SSSR count). The Morgan fingerprint density at radius 1 is 0.971 bits per heavy atom. The average Bonchev–Trinajstić information content (AvgIpc) is 3.52. The molecule has 1 aliphatic heterocycles. The first kappa shape index (κ1) is 21.5. The van der Waals surface area contributed by atoms with Crippen LogP contribution in [0.25, 0.3) is 32.9 Å². The molecule has 8 heteroatoms. The van der Waals surface area contributed by atoms with E-state index in [1.54, 1.807) is 17.4 Å². The van der Waals surface area contributed by atoms with E-state index in [-0.39, 0.29) is 10.6 Å². The summed E-state index contributed by atoms with van der Waals surface area (Å²) in [6.07, 6.45) is 5.25. The predicted octanol–water partition coefficient (Wildman–Crippen LogP) is 6.66. The Morgan fingerprint density at radius 3 is 2.51 bits per heavy atom. The highest BCUT2D eigenvalue weighted by Crippen LogP contribution is 2.35. The van der Waals surface area contributed by atoms with Gasteiger partial charge in [-0.3, -0.25) is 10.1 Å². The third kappa shape index (κ3) is 4.17. The number of aromatic nitrogens is 3. The molecule has 3 heterocycles. The third-order valence-corrected chi connectivity index (χ3v) is 7.44. The largest absolute Gasteiger partial charge is 0.366 e. The molecule has 0 radical (unpaired) electrons. The molecule has 0 bridgehead atoms. The first-order valence-electron chi connectivity index (χ1n) is 11.7. The van der Waals surface area contributed by atoms with Gasteiger partial charge in [0.1, 0.15) is 16.5 Å². The fourth-order valence-corrected chi connectivity index (χ4v) is 5.63. The normalized spacial score (nSPS) is 14.6. The number of fused-ring (bicyclic) bond motifs is 2. The van der Waals surface area contributed by atoms with Gasteiger partial charge in [0.2, 0.25) is 0 Å². The molecular formula is C27H23N5O2S. The van der Waals surface area contributed by atoms with Gasteiger partial charge in [0.05, 0.1) is 31.7 Å². The zero-order valence-electron chi connectivity index (χ0n) is 19.0. The van der Waals surface area contributed by atoms with Crippen molar-refractivity contribution in [1.82, 2.24) is 15.0 Å². The molecule has 174 valence electrons. The zero-order chi connectivity index (χ0) is 23.8. The van der Waals surface area contributed by atoms with Crippen molar-refractivity contribution in [2.75, 3.05) is 18.0 Å². The Hall–Kier alpha value is -4.04. The van der Waals surface area contributed by atoms with E-state index in [2.05, 4.69) is 9.88 Å². The van der Waals surface area contributed by atoms with Crippen molar-refractivity contribution in [2.24, 2.45) is 0 Å². The van der Waals surface area contributed by atoms with Crippen LogP contribution in [0, 0.1) is 10.1 Å². The Labute approximate surface area is 205 Å². The maximum absolute atomic E-state index is 12.0. The number of rotatable bonds is 5. The second-order valence-electron chi connectivity index (χ2n) is 8.70. The topological polar surface area (TPSA) is 87.9 Å². The van der Waals surface area contributed by atoms with Crippen LogP contribution in [0.4, 0.5) is 11.4 Å². The molecule has 1 aliphatic rings. The number of aromatic amines is 1. The molecule has 0 aliphatic carbocycles. The van der Waals surface area contributed by atoms with Crippen molar-refractivity contribution in [3.05, 3.63) is 93.2 Å². The highest BCUT2D eigenvalue weighted by Gasteiger charge is 2.22. The van der Waals surface area contributed by atoms with E-state index in [0.29, 0.717) is 11.5 Å². The summed E-state index contributed by atoms with van der Waals surface area (Å²) in [6, 6.07) is 21.4. The first-order valence-corrected chi connectivity index (χ1v) is 12.5. The molecule has 2 aromatic heterocycles. The predicted molar refractivity (Wildman–Crippen MR) is 142 cm³/mol. The minimum absolute atomic E-state index is 0.133. The summed E-state index contributed by atoms with van der Waals surface area (Å²) in [6.45, 7) is 1.71. The number of nitrogens with zero attached hydrogens (tertiary/aromatic N) is 4. The standard InChI is InChI=1S/C27H23N5O2S/c33-32(34)24-17-18(12-13-23(24)31-14-6-1-7-15-31)16-19(26-28-20-8-2-3-9-21(20)29-26)27-30-22-10-4-5-11-25(22)35-27/h2-5,8-13,16-17H,1,6-7,14-15H2,(H,28,29). The van der Waals surface area contributed by atoms with Gasteiger partial charge in [-0.2, -0.15) is 0 Å². The van der Waals surface area contributed by atoms with E-state index in [1.165, 1.54) is 6.42 Å². The fourth-order valence-electron chi connectivity index (χ4n) is 4.64. The molecule has 0 atom stereocenters. The lowest BCUT2D eigenvalue weighted by molar-refractivity contribution is -0.384. The number of nitro benzene ring substituents is 1. The molecule has 0 unspecified atom stereocenters. The van der Waals surface area contributed by atoms with Crippen molar-refractivity contribution in [2.45, 2.75) is 19.3 Å². The van der Waals surface area contributed by atoms with Gasteiger partial charge in [-0.15, -0.1) is 11.3 Å². The number of hydrogen-bond donors (Lipinski definition) is 1. The molecule has 7 nitrogen and oxygen atoms in total. The van der Waals surface area contributed by atoms with Crippen LogP contribution in [0.2, 0.25) is 0 Å². The summed E-state index contributed by atoms with van der Waals surface area (Å²) >= 11 is 1.58. The number of benzene rings is 3. The zero-order valence-corrected chi connectivity index (χ0v) is 19.8.